The lowest BCUT2D eigenvalue weighted by Gasteiger charge is -2.47. The second kappa shape index (κ2) is 3.97. The maximum absolute atomic E-state index is 6.02. The van der Waals surface area contributed by atoms with Crippen molar-refractivity contribution in [2.45, 2.75) is 57.2 Å². The van der Waals surface area contributed by atoms with E-state index in [9.17, 15) is 0 Å². The number of morpholine rings is 1. The third-order valence-corrected chi connectivity index (χ3v) is 4.42. The van der Waals surface area contributed by atoms with Gasteiger partial charge in [-0.3, -0.25) is 4.90 Å². The summed E-state index contributed by atoms with van der Waals surface area (Å²) in [6, 6.07) is 1.20. The van der Waals surface area contributed by atoms with Gasteiger partial charge in [0.2, 0.25) is 0 Å². The molecular formula is C13H23NO2. The first-order valence-corrected chi connectivity index (χ1v) is 6.64. The summed E-state index contributed by atoms with van der Waals surface area (Å²) in [6.45, 7) is 7.22. The lowest BCUT2D eigenvalue weighted by Crippen LogP contribution is -2.57. The van der Waals surface area contributed by atoms with Crippen LogP contribution in [0.3, 0.4) is 0 Å². The Morgan fingerprint density at radius 3 is 2.44 bits per heavy atom. The van der Waals surface area contributed by atoms with Gasteiger partial charge in [0.05, 0.1) is 18.8 Å². The van der Waals surface area contributed by atoms with E-state index >= 15 is 0 Å². The average Bonchev–Trinajstić information content (AvgIpc) is 2.94. The molecule has 92 valence electrons. The number of nitrogens with zero attached hydrogens (tertiary/aromatic N) is 1. The van der Waals surface area contributed by atoms with Gasteiger partial charge >= 0.3 is 0 Å². The highest BCUT2D eigenvalue weighted by Gasteiger charge is 2.42. The lowest BCUT2D eigenvalue weighted by molar-refractivity contribution is -0.144. The second-order valence-electron chi connectivity index (χ2n) is 6.16. The zero-order chi connectivity index (χ0) is 11.2. The van der Waals surface area contributed by atoms with Crippen molar-refractivity contribution in [3.05, 3.63) is 0 Å². The molecule has 2 unspecified atom stereocenters. The SMILES string of the molecule is CC1CC2COCC(C1)N2COC1(C)CC1. The number of ether oxygens (including phenoxy) is 2. The summed E-state index contributed by atoms with van der Waals surface area (Å²) >= 11 is 0. The molecule has 3 nitrogen and oxygen atoms in total. The van der Waals surface area contributed by atoms with Gasteiger partial charge in [-0.1, -0.05) is 6.92 Å². The molecule has 2 bridgehead atoms. The quantitative estimate of drug-likeness (QED) is 0.733. The van der Waals surface area contributed by atoms with Crippen LogP contribution in [0.4, 0.5) is 0 Å². The number of rotatable bonds is 3. The van der Waals surface area contributed by atoms with E-state index in [0.29, 0.717) is 12.1 Å². The molecule has 1 aliphatic carbocycles. The summed E-state index contributed by atoms with van der Waals surface area (Å²) in [6.07, 6.45) is 5.03. The van der Waals surface area contributed by atoms with Gasteiger partial charge < -0.3 is 9.47 Å². The van der Waals surface area contributed by atoms with Gasteiger partial charge in [-0.15, -0.1) is 0 Å². The molecule has 0 aromatic carbocycles. The minimum absolute atomic E-state index is 0.207. The Labute approximate surface area is 98.1 Å². The van der Waals surface area contributed by atoms with Crippen molar-refractivity contribution in [1.82, 2.24) is 4.90 Å². The molecule has 16 heavy (non-hydrogen) atoms. The van der Waals surface area contributed by atoms with Gasteiger partial charge in [0.15, 0.2) is 0 Å². The zero-order valence-corrected chi connectivity index (χ0v) is 10.4. The Morgan fingerprint density at radius 1 is 1.25 bits per heavy atom. The monoisotopic (exact) mass is 225 g/mol. The maximum Gasteiger partial charge on any atom is 0.100 e. The minimum Gasteiger partial charge on any atom is -0.378 e. The number of fused-ring (bicyclic) bond motifs is 2. The van der Waals surface area contributed by atoms with Crippen LogP contribution < -0.4 is 0 Å². The van der Waals surface area contributed by atoms with E-state index in [1.807, 2.05) is 0 Å². The fourth-order valence-electron chi connectivity index (χ4n) is 3.02. The molecule has 2 saturated heterocycles. The van der Waals surface area contributed by atoms with Crippen molar-refractivity contribution in [3.8, 4) is 0 Å². The summed E-state index contributed by atoms with van der Waals surface area (Å²) in [5, 5.41) is 0. The molecule has 0 spiro atoms. The largest absolute Gasteiger partial charge is 0.378 e. The van der Waals surface area contributed by atoms with Crippen LogP contribution in [0, 0.1) is 5.92 Å². The number of hydrogen-bond acceptors (Lipinski definition) is 3. The summed E-state index contributed by atoms with van der Waals surface area (Å²) < 4.78 is 11.7. The molecule has 3 fully saturated rings. The molecule has 3 heteroatoms. The molecule has 2 atom stereocenters. The Hall–Kier alpha value is -0.120. The maximum atomic E-state index is 6.02. The molecule has 2 heterocycles. The molecular weight excluding hydrogens is 202 g/mol. The van der Waals surface area contributed by atoms with Crippen molar-refractivity contribution in [3.63, 3.8) is 0 Å². The molecule has 0 radical (unpaired) electrons. The first-order valence-electron chi connectivity index (χ1n) is 6.64. The number of hydrogen-bond donors (Lipinski definition) is 0. The summed E-state index contributed by atoms with van der Waals surface area (Å²) in [7, 11) is 0. The first-order chi connectivity index (χ1) is 7.66. The Balaban J connectivity index is 1.60. The van der Waals surface area contributed by atoms with Gasteiger partial charge in [-0.2, -0.15) is 0 Å². The fourth-order valence-corrected chi connectivity index (χ4v) is 3.02. The van der Waals surface area contributed by atoms with Crippen LogP contribution in [0.15, 0.2) is 0 Å². The summed E-state index contributed by atoms with van der Waals surface area (Å²) in [4.78, 5) is 2.55. The minimum atomic E-state index is 0.207. The van der Waals surface area contributed by atoms with Crippen molar-refractivity contribution in [1.29, 1.82) is 0 Å². The normalized spacial score (nSPS) is 42.0. The van der Waals surface area contributed by atoms with Crippen LogP contribution in [0.2, 0.25) is 0 Å². The van der Waals surface area contributed by atoms with Crippen LogP contribution in [0.25, 0.3) is 0 Å². The molecule has 2 aliphatic heterocycles. The molecule has 0 amide bonds. The molecule has 3 aliphatic rings. The topological polar surface area (TPSA) is 21.7 Å². The van der Waals surface area contributed by atoms with E-state index < -0.39 is 0 Å². The lowest BCUT2D eigenvalue weighted by atomic mass is 9.87. The van der Waals surface area contributed by atoms with Gasteiger partial charge in [0.25, 0.3) is 0 Å². The fraction of sp³-hybridized carbons (Fsp3) is 1.00. The smallest absolute Gasteiger partial charge is 0.100 e. The van der Waals surface area contributed by atoms with E-state index in [1.54, 1.807) is 0 Å². The van der Waals surface area contributed by atoms with Crippen LogP contribution in [-0.4, -0.2) is 42.5 Å². The molecule has 0 aromatic heterocycles. The van der Waals surface area contributed by atoms with Gasteiger partial charge in [-0.05, 0) is 38.5 Å². The average molecular weight is 225 g/mol. The predicted molar refractivity (Wildman–Crippen MR) is 62.2 cm³/mol. The van der Waals surface area contributed by atoms with E-state index in [2.05, 4.69) is 18.7 Å². The second-order valence-corrected chi connectivity index (χ2v) is 6.16. The van der Waals surface area contributed by atoms with E-state index in [0.717, 1.165) is 25.9 Å². The van der Waals surface area contributed by atoms with E-state index in [-0.39, 0.29) is 5.60 Å². The van der Waals surface area contributed by atoms with Gasteiger partial charge in [0.1, 0.15) is 6.73 Å². The molecule has 0 N–H and O–H groups in total. The van der Waals surface area contributed by atoms with E-state index in [4.69, 9.17) is 9.47 Å². The van der Waals surface area contributed by atoms with Crippen LogP contribution in [0.1, 0.15) is 39.5 Å². The molecule has 3 rings (SSSR count). The van der Waals surface area contributed by atoms with Crippen molar-refractivity contribution < 1.29 is 9.47 Å². The third-order valence-electron chi connectivity index (χ3n) is 4.42. The highest BCUT2D eigenvalue weighted by Crippen LogP contribution is 2.40. The van der Waals surface area contributed by atoms with Crippen LogP contribution in [0.5, 0.6) is 0 Å². The van der Waals surface area contributed by atoms with E-state index in [1.165, 1.54) is 25.7 Å². The highest BCUT2D eigenvalue weighted by molar-refractivity contribution is 4.93. The summed E-state index contributed by atoms with van der Waals surface area (Å²) in [5.41, 5.74) is 0.207. The predicted octanol–water partition coefficient (Wildman–Crippen LogP) is 2.01. The number of piperidine rings is 1. The Bertz CT molecular complexity index is 251. The molecule has 0 aromatic rings. The third kappa shape index (κ3) is 2.13. The van der Waals surface area contributed by atoms with Crippen LogP contribution >= 0.6 is 0 Å². The zero-order valence-electron chi connectivity index (χ0n) is 10.4. The Kier molecular flexibility index (Phi) is 2.73. The van der Waals surface area contributed by atoms with Gasteiger partial charge in [0, 0.05) is 12.1 Å². The molecule has 1 saturated carbocycles. The van der Waals surface area contributed by atoms with Crippen LogP contribution in [-0.2, 0) is 9.47 Å². The van der Waals surface area contributed by atoms with Gasteiger partial charge in [-0.25, -0.2) is 0 Å². The van der Waals surface area contributed by atoms with Crippen molar-refractivity contribution in [2.75, 3.05) is 19.9 Å². The Morgan fingerprint density at radius 2 is 1.88 bits per heavy atom. The standard InChI is InChI=1S/C13H23NO2/c1-10-5-11-7-15-8-12(6-10)14(11)9-16-13(2)3-4-13/h10-12H,3-9H2,1-2H3. The van der Waals surface area contributed by atoms with Crippen molar-refractivity contribution >= 4 is 0 Å². The first kappa shape index (κ1) is 11.0. The highest BCUT2D eigenvalue weighted by atomic mass is 16.5. The summed E-state index contributed by atoms with van der Waals surface area (Å²) in [5.74, 6) is 0.853. The van der Waals surface area contributed by atoms with Crippen molar-refractivity contribution in [2.24, 2.45) is 5.92 Å².